The molecule has 0 aliphatic rings. The van der Waals surface area contributed by atoms with Gasteiger partial charge in [-0.3, -0.25) is 0 Å². The van der Waals surface area contributed by atoms with E-state index < -0.39 is 0 Å². The lowest BCUT2D eigenvalue weighted by Gasteiger charge is -1.93. The lowest BCUT2D eigenvalue weighted by Crippen LogP contribution is -1.88. The molecular weight excluding hydrogens is 138 g/mol. The number of carbonyl (C=O) groups excluding carboxylic acids is 1. The molecule has 0 saturated heterocycles. The number of carbonyl (C=O) groups is 1. The van der Waals surface area contributed by atoms with Crippen molar-refractivity contribution in [3.05, 3.63) is 22.5 Å². The van der Waals surface area contributed by atoms with Crippen LogP contribution in [-0.4, -0.2) is 11.3 Å². The molecule has 0 fully saturated rings. The molecule has 0 unspecified atom stereocenters. The number of aromatic amines is 1. The van der Waals surface area contributed by atoms with Crippen molar-refractivity contribution in [3.63, 3.8) is 0 Å². The van der Waals surface area contributed by atoms with Gasteiger partial charge in [0.05, 0.1) is 0 Å². The number of nitrogens with one attached hydrogen (secondary N) is 1. The molecule has 0 aromatic carbocycles. The van der Waals surface area contributed by atoms with Gasteiger partial charge in [-0.1, -0.05) is 0 Å². The second kappa shape index (κ2) is 2.91. The van der Waals surface area contributed by atoms with E-state index in [0.717, 1.165) is 17.5 Å². The van der Waals surface area contributed by atoms with E-state index in [9.17, 15) is 4.79 Å². The molecule has 2 nitrogen and oxygen atoms in total. The summed E-state index contributed by atoms with van der Waals surface area (Å²) in [5.41, 5.74) is 4.65. The maximum Gasteiger partial charge on any atom is 0.124 e. The SMILES string of the molecule is Cc1[nH]c(C)c(CC=O)c1C. The Hall–Kier alpha value is -1.05. The molecule has 0 spiro atoms. The van der Waals surface area contributed by atoms with Crippen molar-refractivity contribution in [1.29, 1.82) is 0 Å². The highest BCUT2D eigenvalue weighted by atomic mass is 16.1. The Labute approximate surface area is 66.6 Å². The minimum Gasteiger partial charge on any atom is -0.362 e. The lowest BCUT2D eigenvalue weighted by molar-refractivity contribution is -0.107. The average molecular weight is 151 g/mol. The van der Waals surface area contributed by atoms with Crippen LogP contribution in [0.2, 0.25) is 0 Å². The fraction of sp³-hybridized carbons (Fsp3) is 0.444. The number of aromatic nitrogens is 1. The normalized spacial score (nSPS) is 10.1. The molecule has 1 heterocycles. The summed E-state index contributed by atoms with van der Waals surface area (Å²) in [4.78, 5) is 13.5. The standard InChI is InChI=1S/C9H13NO/c1-6-7(2)10-8(3)9(6)4-5-11/h5,10H,4H2,1-3H3. The predicted octanol–water partition coefficient (Wildman–Crippen LogP) is 1.68. The maximum atomic E-state index is 10.3. The van der Waals surface area contributed by atoms with Crippen LogP contribution < -0.4 is 0 Å². The quantitative estimate of drug-likeness (QED) is 0.641. The van der Waals surface area contributed by atoms with E-state index in [-0.39, 0.29) is 0 Å². The Kier molecular flexibility index (Phi) is 2.13. The number of aldehydes is 1. The maximum absolute atomic E-state index is 10.3. The third kappa shape index (κ3) is 1.34. The van der Waals surface area contributed by atoms with Gasteiger partial charge < -0.3 is 9.78 Å². The molecule has 0 aliphatic carbocycles. The highest BCUT2D eigenvalue weighted by molar-refractivity contribution is 5.57. The van der Waals surface area contributed by atoms with Crippen molar-refractivity contribution in [2.75, 3.05) is 0 Å². The summed E-state index contributed by atoms with van der Waals surface area (Å²) < 4.78 is 0. The summed E-state index contributed by atoms with van der Waals surface area (Å²) in [5.74, 6) is 0. The second-order valence-corrected chi connectivity index (χ2v) is 2.85. The number of rotatable bonds is 2. The van der Waals surface area contributed by atoms with Crippen molar-refractivity contribution in [3.8, 4) is 0 Å². The van der Waals surface area contributed by atoms with E-state index >= 15 is 0 Å². The molecule has 11 heavy (non-hydrogen) atoms. The molecule has 0 aliphatic heterocycles. The van der Waals surface area contributed by atoms with E-state index in [2.05, 4.69) is 4.98 Å². The highest BCUT2D eigenvalue weighted by Gasteiger charge is 2.06. The number of H-pyrrole nitrogens is 1. The first kappa shape index (κ1) is 8.05. The summed E-state index contributed by atoms with van der Waals surface area (Å²) in [7, 11) is 0. The van der Waals surface area contributed by atoms with Crippen LogP contribution in [-0.2, 0) is 11.2 Å². The third-order valence-electron chi connectivity index (χ3n) is 2.13. The van der Waals surface area contributed by atoms with Gasteiger partial charge in [0.25, 0.3) is 0 Å². The van der Waals surface area contributed by atoms with Crippen LogP contribution in [0, 0.1) is 20.8 Å². The first-order valence-electron chi connectivity index (χ1n) is 3.75. The molecule has 0 radical (unpaired) electrons. The molecular formula is C9H13NO. The zero-order valence-electron chi connectivity index (χ0n) is 7.19. The molecule has 1 aromatic rings. The zero-order valence-corrected chi connectivity index (χ0v) is 7.19. The summed E-state index contributed by atoms with van der Waals surface area (Å²) >= 11 is 0. The van der Waals surface area contributed by atoms with Crippen LogP contribution in [0.5, 0.6) is 0 Å². The fourth-order valence-corrected chi connectivity index (χ4v) is 1.35. The van der Waals surface area contributed by atoms with Crippen molar-refractivity contribution in [2.45, 2.75) is 27.2 Å². The molecule has 0 saturated carbocycles. The lowest BCUT2D eigenvalue weighted by atomic mass is 10.1. The Morgan fingerprint density at radius 2 is 1.91 bits per heavy atom. The van der Waals surface area contributed by atoms with Crippen molar-refractivity contribution in [2.24, 2.45) is 0 Å². The summed E-state index contributed by atoms with van der Waals surface area (Å²) in [6, 6.07) is 0. The molecule has 1 N–H and O–H groups in total. The number of hydrogen-bond acceptors (Lipinski definition) is 1. The number of hydrogen-bond donors (Lipinski definition) is 1. The summed E-state index contributed by atoms with van der Waals surface area (Å²) in [6.07, 6.45) is 1.48. The minimum absolute atomic E-state index is 0.530. The highest BCUT2D eigenvalue weighted by Crippen LogP contribution is 2.16. The van der Waals surface area contributed by atoms with Crippen LogP contribution in [0.25, 0.3) is 0 Å². The van der Waals surface area contributed by atoms with Gasteiger partial charge in [0, 0.05) is 17.8 Å². The van der Waals surface area contributed by atoms with Crippen molar-refractivity contribution >= 4 is 6.29 Å². The van der Waals surface area contributed by atoms with Crippen LogP contribution in [0.4, 0.5) is 0 Å². The molecule has 0 bridgehead atoms. The molecule has 0 atom stereocenters. The van der Waals surface area contributed by atoms with Gasteiger partial charge in [-0.25, -0.2) is 0 Å². The third-order valence-corrected chi connectivity index (χ3v) is 2.13. The van der Waals surface area contributed by atoms with Gasteiger partial charge in [0.2, 0.25) is 0 Å². The van der Waals surface area contributed by atoms with Crippen LogP contribution in [0.1, 0.15) is 22.5 Å². The van der Waals surface area contributed by atoms with E-state index in [1.807, 2.05) is 20.8 Å². The fourth-order valence-electron chi connectivity index (χ4n) is 1.35. The van der Waals surface area contributed by atoms with E-state index in [1.165, 1.54) is 11.3 Å². The monoisotopic (exact) mass is 151 g/mol. The Bertz CT molecular complexity index is 273. The summed E-state index contributed by atoms with van der Waals surface area (Å²) in [6.45, 7) is 6.06. The Morgan fingerprint density at radius 3 is 2.27 bits per heavy atom. The Morgan fingerprint density at radius 1 is 1.27 bits per heavy atom. The van der Waals surface area contributed by atoms with Crippen LogP contribution >= 0.6 is 0 Å². The average Bonchev–Trinajstić information content (AvgIpc) is 2.17. The van der Waals surface area contributed by atoms with Crippen molar-refractivity contribution in [1.82, 2.24) is 4.98 Å². The minimum atomic E-state index is 0.530. The van der Waals surface area contributed by atoms with Crippen molar-refractivity contribution < 1.29 is 4.79 Å². The molecule has 1 rings (SSSR count). The van der Waals surface area contributed by atoms with Gasteiger partial charge in [-0.05, 0) is 31.9 Å². The second-order valence-electron chi connectivity index (χ2n) is 2.85. The first-order valence-corrected chi connectivity index (χ1v) is 3.75. The smallest absolute Gasteiger partial charge is 0.124 e. The number of aryl methyl sites for hydroxylation is 2. The summed E-state index contributed by atoms with van der Waals surface area (Å²) in [5, 5.41) is 0. The molecule has 2 heteroatoms. The van der Waals surface area contributed by atoms with Gasteiger partial charge in [0.1, 0.15) is 6.29 Å². The van der Waals surface area contributed by atoms with E-state index in [1.54, 1.807) is 0 Å². The topological polar surface area (TPSA) is 32.9 Å². The van der Waals surface area contributed by atoms with Gasteiger partial charge in [-0.2, -0.15) is 0 Å². The van der Waals surface area contributed by atoms with Gasteiger partial charge in [-0.15, -0.1) is 0 Å². The molecule has 1 aromatic heterocycles. The first-order chi connectivity index (χ1) is 5.16. The van der Waals surface area contributed by atoms with E-state index in [0.29, 0.717) is 6.42 Å². The van der Waals surface area contributed by atoms with E-state index in [4.69, 9.17) is 0 Å². The van der Waals surface area contributed by atoms with Crippen LogP contribution in [0.15, 0.2) is 0 Å². The molecule has 0 amide bonds. The van der Waals surface area contributed by atoms with Crippen LogP contribution in [0.3, 0.4) is 0 Å². The molecule has 60 valence electrons. The Balaban J connectivity index is 3.11. The predicted molar refractivity (Wildman–Crippen MR) is 44.8 cm³/mol. The van der Waals surface area contributed by atoms with Gasteiger partial charge in [0.15, 0.2) is 0 Å². The zero-order chi connectivity index (χ0) is 8.43. The largest absolute Gasteiger partial charge is 0.362 e. The van der Waals surface area contributed by atoms with Gasteiger partial charge >= 0.3 is 0 Å².